The molecule has 0 N–H and O–H groups in total. The van der Waals surface area contributed by atoms with Crippen LogP contribution in [0.25, 0.3) is 0 Å². The van der Waals surface area contributed by atoms with E-state index >= 15 is 0 Å². The number of rotatable bonds is 1. The van der Waals surface area contributed by atoms with Gasteiger partial charge in [-0.25, -0.2) is 0 Å². The van der Waals surface area contributed by atoms with Crippen molar-refractivity contribution in [2.24, 2.45) is 16.7 Å². The van der Waals surface area contributed by atoms with Crippen LogP contribution in [0.3, 0.4) is 0 Å². The summed E-state index contributed by atoms with van der Waals surface area (Å²) in [6, 6.07) is 0. The molecule has 17 heavy (non-hydrogen) atoms. The lowest BCUT2D eigenvalue weighted by Gasteiger charge is -2.51. The zero-order valence-electron chi connectivity index (χ0n) is 13.4. The first-order valence-electron chi connectivity index (χ1n) is 7.21. The maximum absolute atomic E-state index is 2.70. The Balaban J connectivity index is 2.64. The molecular formula is C16H33N. The summed E-state index contributed by atoms with van der Waals surface area (Å²) in [7, 11) is 0. The summed E-state index contributed by atoms with van der Waals surface area (Å²) in [5.74, 6) is 0.898. The van der Waals surface area contributed by atoms with E-state index in [-0.39, 0.29) is 0 Å². The van der Waals surface area contributed by atoms with Crippen molar-refractivity contribution in [3.8, 4) is 0 Å². The zero-order valence-corrected chi connectivity index (χ0v) is 13.4. The van der Waals surface area contributed by atoms with Crippen LogP contribution in [-0.2, 0) is 0 Å². The van der Waals surface area contributed by atoms with Crippen molar-refractivity contribution in [1.29, 1.82) is 0 Å². The third-order valence-electron chi connectivity index (χ3n) is 5.35. The first kappa shape index (κ1) is 15.0. The van der Waals surface area contributed by atoms with E-state index in [1.807, 2.05) is 0 Å². The predicted molar refractivity (Wildman–Crippen MR) is 77.3 cm³/mol. The molecule has 1 aliphatic heterocycles. The van der Waals surface area contributed by atoms with Crippen LogP contribution < -0.4 is 0 Å². The van der Waals surface area contributed by atoms with Gasteiger partial charge in [-0.15, -0.1) is 0 Å². The molecule has 1 heteroatoms. The molecule has 0 aromatic heterocycles. The minimum absolute atomic E-state index is 0.301. The van der Waals surface area contributed by atoms with Crippen LogP contribution >= 0.6 is 0 Å². The third-order valence-corrected chi connectivity index (χ3v) is 5.35. The van der Waals surface area contributed by atoms with Crippen LogP contribution in [0.5, 0.6) is 0 Å². The van der Waals surface area contributed by atoms with Gasteiger partial charge >= 0.3 is 0 Å². The largest absolute Gasteiger partial charge is 0.298 e. The average molecular weight is 239 g/mol. The number of nitrogens with zero attached hydrogens (tertiary/aromatic N) is 1. The molecule has 1 nitrogen and oxygen atoms in total. The second-order valence-electron chi connectivity index (χ2n) is 8.44. The predicted octanol–water partition coefficient (Wildman–Crippen LogP) is 4.57. The van der Waals surface area contributed by atoms with E-state index in [0.29, 0.717) is 16.4 Å². The van der Waals surface area contributed by atoms with Gasteiger partial charge in [0.15, 0.2) is 0 Å². The summed E-state index contributed by atoms with van der Waals surface area (Å²) in [6.45, 7) is 21.6. The minimum Gasteiger partial charge on any atom is -0.298 e. The second kappa shape index (κ2) is 4.57. The van der Waals surface area contributed by atoms with Gasteiger partial charge in [-0.3, -0.25) is 4.90 Å². The van der Waals surface area contributed by atoms with Crippen LogP contribution in [0.15, 0.2) is 0 Å². The normalized spacial score (nSPS) is 21.9. The number of hydrogen-bond donors (Lipinski definition) is 0. The minimum atomic E-state index is 0.301. The fourth-order valence-electron chi connectivity index (χ4n) is 2.78. The summed E-state index contributed by atoms with van der Waals surface area (Å²) >= 11 is 0. The van der Waals surface area contributed by atoms with E-state index in [1.54, 1.807) is 0 Å². The van der Waals surface area contributed by atoms with Crippen molar-refractivity contribution in [3.05, 3.63) is 0 Å². The van der Waals surface area contributed by atoms with Crippen LogP contribution in [-0.4, -0.2) is 23.5 Å². The smallest absolute Gasteiger partial charge is 0.0201 e. The molecule has 0 bridgehead atoms. The van der Waals surface area contributed by atoms with Gasteiger partial charge in [0.25, 0.3) is 0 Å². The van der Waals surface area contributed by atoms with Gasteiger partial charge in [-0.05, 0) is 56.5 Å². The Morgan fingerprint density at radius 2 is 1.18 bits per heavy atom. The molecule has 1 rings (SSSR count). The Hall–Kier alpha value is -0.0400. The van der Waals surface area contributed by atoms with Crippen LogP contribution in [0.1, 0.15) is 68.2 Å². The van der Waals surface area contributed by atoms with E-state index in [2.05, 4.69) is 60.3 Å². The quantitative estimate of drug-likeness (QED) is 0.648. The molecule has 1 fully saturated rings. The molecule has 102 valence electrons. The number of likely N-dealkylation sites (tertiary alicyclic amines) is 1. The molecule has 0 unspecified atom stereocenters. The highest BCUT2D eigenvalue weighted by Gasteiger charge is 2.40. The summed E-state index contributed by atoms with van der Waals surface area (Å²) in [6.07, 6.45) is 2.73. The molecule has 0 aromatic rings. The van der Waals surface area contributed by atoms with Gasteiger partial charge in [0.1, 0.15) is 0 Å². The fourth-order valence-corrected chi connectivity index (χ4v) is 2.78. The molecule has 1 saturated heterocycles. The number of piperidine rings is 1. The van der Waals surface area contributed by atoms with Gasteiger partial charge < -0.3 is 0 Å². The van der Waals surface area contributed by atoms with Gasteiger partial charge in [0.2, 0.25) is 0 Å². The van der Waals surface area contributed by atoms with Crippen molar-refractivity contribution < 1.29 is 0 Å². The second-order valence-corrected chi connectivity index (χ2v) is 8.44. The highest BCUT2D eigenvalue weighted by molar-refractivity contribution is 4.95. The van der Waals surface area contributed by atoms with Crippen molar-refractivity contribution in [2.75, 3.05) is 13.1 Å². The van der Waals surface area contributed by atoms with E-state index < -0.39 is 0 Å². The van der Waals surface area contributed by atoms with E-state index in [4.69, 9.17) is 0 Å². The van der Waals surface area contributed by atoms with Gasteiger partial charge in [-0.2, -0.15) is 0 Å². The third kappa shape index (κ3) is 3.24. The topological polar surface area (TPSA) is 3.24 Å². The number of hydrogen-bond acceptors (Lipinski definition) is 1. The monoisotopic (exact) mass is 239 g/mol. The molecule has 0 amide bonds. The van der Waals surface area contributed by atoms with Gasteiger partial charge in [-0.1, -0.05) is 41.5 Å². The van der Waals surface area contributed by atoms with Crippen molar-refractivity contribution >= 4 is 0 Å². The maximum atomic E-state index is 2.70. The molecule has 0 aliphatic carbocycles. The molecule has 0 aromatic carbocycles. The van der Waals surface area contributed by atoms with Gasteiger partial charge in [0, 0.05) is 5.54 Å². The average Bonchev–Trinajstić information content (AvgIpc) is 2.15. The Bertz CT molecular complexity index is 244. The summed E-state index contributed by atoms with van der Waals surface area (Å²) in [5.41, 5.74) is 1.13. The molecular weight excluding hydrogens is 206 g/mol. The Labute approximate surface area is 109 Å². The molecule has 0 saturated carbocycles. The highest BCUT2D eigenvalue weighted by Crippen LogP contribution is 2.40. The van der Waals surface area contributed by atoms with E-state index in [1.165, 1.54) is 25.9 Å². The molecule has 1 aliphatic rings. The first-order chi connectivity index (χ1) is 7.46. The van der Waals surface area contributed by atoms with E-state index in [0.717, 1.165) is 5.92 Å². The summed E-state index contributed by atoms with van der Waals surface area (Å²) in [4.78, 5) is 2.70. The summed E-state index contributed by atoms with van der Waals surface area (Å²) in [5, 5.41) is 0. The SMILES string of the molecule is CC(C)(C)C1CCN(C(C)(C)C(C)(C)C)CC1. The Morgan fingerprint density at radius 3 is 1.47 bits per heavy atom. The lowest BCUT2D eigenvalue weighted by molar-refractivity contribution is -0.0161. The van der Waals surface area contributed by atoms with Crippen LogP contribution in [0, 0.1) is 16.7 Å². The maximum Gasteiger partial charge on any atom is 0.0201 e. The zero-order chi connectivity index (χ0) is 13.5. The summed E-state index contributed by atoms with van der Waals surface area (Å²) < 4.78 is 0. The van der Waals surface area contributed by atoms with Crippen molar-refractivity contribution in [2.45, 2.75) is 73.8 Å². The first-order valence-corrected chi connectivity index (χ1v) is 7.21. The Morgan fingerprint density at radius 1 is 0.765 bits per heavy atom. The van der Waals surface area contributed by atoms with Crippen LogP contribution in [0.4, 0.5) is 0 Å². The van der Waals surface area contributed by atoms with Crippen LogP contribution in [0.2, 0.25) is 0 Å². The molecule has 1 heterocycles. The highest BCUT2D eigenvalue weighted by atomic mass is 15.2. The Kier molecular flexibility index (Phi) is 4.04. The molecule has 0 spiro atoms. The fraction of sp³-hybridized carbons (Fsp3) is 1.00. The van der Waals surface area contributed by atoms with Crippen molar-refractivity contribution in [1.82, 2.24) is 4.90 Å². The van der Waals surface area contributed by atoms with Gasteiger partial charge in [0.05, 0.1) is 0 Å². The molecule has 0 atom stereocenters. The van der Waals surface area contributed by atoms with Crippen molar-refractivity contribution in [3.63, 3.8) is 0 Å². The lowest BCUT2D eigenvalue weighted by atomic mass is 9.71. The lowest BCUT2D eigenvalue weighted by Crippen LogP contribution is -2.56. The standard InChI is InChI=1S/C16H33N/c1-14(2,3)13-9-11-17(12-10-13)16(7,8)15(4,5)6/h13H,9-12H2,1-8H3. The van der Waals surface area contributed by atoms with E-state index in [9.17, 15) is 0 Å². The molecule has 0 radical (unpaired) electrons.